The van der Waals surface area contributed by atoms with Crippen LogP contribution in [0, 0.1) is 3.57 Å². The maximum atomic E-state index is 12.5. The maximum Gasteiger partial charge on any atom is 0.433 e. The lowest BCUT2D eigenvalue weighted by Crippen LogP contribution is -2.15. The highest BCUT2D eigenvalue weighted by molar-refractivity contribution is 14.1. The van der Waals surface area contributed by atoms with Gasteiger partial charge in [0, 0.05) is 9.77 Å². The van der Waals surface area contributed by atoms with E-state index in [9.17, 15) is 18.0 Å². The lowest BCUT2D eigenvalue weighted by atomic mass is 10.3. The molecule has 0 unspecified atom stereocenters. The number of nitrogens with one attached hydrogen (secondary N) is 1. The van der Waals surface area contributed by atoms with Crippen LogP contribution in [0.4, 0.5) is 18.9 Å². The Balaban J connectivity index is 1.96. The van der Waals surface area contributed by atoms with Crippen molar-refractivity contribution in [3.8, 4) is 0 Å². The molecule has 9 heteroatoms. The minimum Gasteiger partial charge on any atom is -0.324 e. The molecule has 1 aromatic heterocycles. The van der Waals surface area contributed by atoms with E-state index < -0.39 is 11.9 Å². The summed E-state index contributed by atoms with van der Waals surface area (Å²) in [5, 5.41) is 2.59. The average molecular weight is 439 g/mol. The zero-order chi connectivity index (χ0) is 16.2. The number of rotatable bonds is 4. The second-order valence-electron chi connectivity index (χ2n) is 4.04. The zero-order valence-electron chi connectivity index (χ0n) is 10.9. The molecule has 1 heterocycles. The molecular weight excluding hydrogens is 430 g/mol. The van der Waals surface area contributed by atoms with E-state index in [4.69, 9.17) is 0 Å². The number of para-hydroxylation sites is 1. The van der Waals surface area contributed by atoms with E-state index in [-0.39, 0.29) is 16.8 Å². The third-order valence-electron chi connectivity index (χ3n) is 2.40. The summed E-state index contributed by atoms with van der Waals surface area (Å²) < 4.78 is 38.4. The standard InChI is InChI=1S/C13H9F3IN3OS/c14-13(15,16)10-5-6-18-12(20-10)22-7-11(21)19-9-4-2-1-3-8(9)17/h1-6H,7H2,(H,19,21). The number of amides is 1. The van der Waals surface area contributed by atoms with Crippen LogP contribution in [0.2, 0.25) is 0 Å². The molecule has 0 atom stereocenters. The normalized spacial score (nSPS) is 11.3. The van der Waals surface area contributed by atoms with Crippen LogP contribution < -0.4 is 5.32 Å². The zero-order valence-corrected chi connectivity index (χ0v) is 13.9. The quantitative estimate of drug-likeness (QED) is 0.447. The van der Waals surface area contributed by atoms with Crippen molar-refractivity contribution in [1.29, 1.82) is 0 Å². The number of carbonyl (C=O) groups is 1. The molecule has 0 saturated heterocycles. The van der Waals surface area contributed by atoms with Crippen LogP contribution in [0.25, 0.3) is 0 Å². The first-order chi connectivity index (χ1) is 10.4. The summed E-state index contributed by atoms with van der Waals surface area (Å²) in [6.45, 7) is 0. The first-order valence-electron chi connectivity index (χ1n) is 5.93. The molecule has 0 aliphatic rings. The van der Waals surface area contributed by atoms with Gasteiger partial charge >= 0.3 is 6.18 Å². The third kappa shape index (κ3) is 4.83. The van der Waals surface area contributed by atoms with Gasteiger partial charge in [-0.15, -0.1) is 0 Å². The van der Waals surface area contributed by atoms with Crippen molar-refractivity contribution in [2.24, 2.45) is 0 Å². The van der Waals surface area contributed by atoms with E-state index >= 15 is 0 Å². The van der Waals surface area contributed by atoms with E-state index in [1.807, 2.05) is 12.1 Å². The van der Waals surface area contributed by atoms with Crippen molar-refractivity contribution in [1.82, 2.24) is 9.97 Å². The summed E-state index contributed by atoms with van der Waals surface area (Å²) in [6, 6.07) is 7.98. The number of carbonyl (C=O) groups excluding carboxylic acids is 1. The number of nitrogens with zero attached hydrogens (tertiary/aromatic N) is 2. The molecule has 0 saturated carbocycles. The molecule has 2 rings (SSSR count). The molecule has 22 heavy (non-hydrogen) atoms. The number of anilines is 1. The smallest absolute Gasteiger partial charge is 0.324 e. The van der Waals surface area contributed by atoms with Crippen LogP contribution in [-0.4, -0.2) is 21.6 Å². The second-order valence-corrected chi connectivity index (χ2v) is 6.14. The molecule has 0 spiro atoms. The summed E-state index contributed by atoms with van der Waals surface area (Å²) in [4.78, 5) is 18.9. The van der Waals surface area contributed by atoms with Crippen molar-refractivity contribution in [3.05, 3.63) is 45.8 Å². The van der Waals surface area contributed by atoms with Gasteiger partial charge in [0.1, 0.15) is 5.69 Å². The molecule has 0 aliphatic heterocycles. The number of benzene rings is 1. The number of alkyl halides is 3. The molecule has 2 aromatic rings. The van der Waals surface area contributed by atoms with Crippen molar-refractivity contribution < 1.29 is 18.0 Å². The molecule has 0 aliphatic carbocycles. The Hall–Kier alpha value is -1.36. The van der Waals surface area contributed by atoms with Crippen LogP contribution in [0.3, 0.4) is 0 Å². The van der Waals surface area contributed by atoms with E-state index in [0.717, 1.165) is 27.6 Å². The summed E-state index contributed by atoms with van der Waals surface area (Å²) in [5.74, 6) is -0.415. The van der Waals surface area contributed by atoms with Gasteiger partial charge < -0.3 is 5.32 Å². The largest absolute Gasteiger partial charge is 0.433 e. The van der Waals surface area contributed by atoms with E-state index in [2.05, 4.69) is 37.9 Å². The molecule has 1 N–H and O–H groups in total. The van der Waals surface area contributed by atoms with Crippen molar-refractivity contribution in [2.45, 2.75) is 11.3 Å². The monoisotopic (exact) mass is 439 g/mol. The fourth-order valence-electron chi connectivity index (χ4n) is 1.45. The number of hydrogen-bond acceptors (Lipinski definition) is 4. The first kappa shape index (κ1) is 17.0. The SMILES string of the molecule is O=C(CSc1nccc(C(F)(F)F)n1)Nc1ccccc1I. The molecular formula is C13H9F3IN3OS. The van der Waals surface area contributed by atoms with Crippen molar-refractivity contribution in [2.75, 3.05) is 11.1 Å². The van der Waals surface area contributed by atoms with Gasteiger partial charge in [0.25, 0.3) is 0 Å². The third-order valence-corrected chi connectivity index (χ3v) is 4.21. The van der Waals surface area contributed by atoms with Gasteiger partial charge in [-0.3, -0.25) is 4.79 Å². The van der Waals surface area contributed by atoms with Gasteiger partial charge in [0.05, 0.1) is 11.4 Å². The van der Waals surface area contributed by atoms with Gasteiger partial charge in [-0.25, -0.2) is 9.97 Å². The summed E-state index contributed by atoms with van der Waals surface area (Å²) in [6.07, 6.45) is -3.50. The number of halogens is 4. The Bertz CT molecular complexity index is 682. The molecule has 0 bridgehead atoms. The Morgan fingerprint density at radius 1 is 1.27 bits per heavy atom. The minimum absolute atomic E-state index is 0.0771. The molecule has 4 nitrogen and oxygen atoms in total. The van der Waals surface area contributed by atoms with E-state index in [1.54, 1.807) is 12.1 Å². The van der Waals surface area contributed by atoms with Crippen molar-refractivity contribution in [3.63, 3.8) is 0 Å². The number of aromatic nitrogens is 2. The van der Waals surface area contributed by atoms with Crippen molar-refractivity contribution >= 4 is 45.9 Å². The Labute approximate surface area is 142 Å². The highest BCUT2D eigenvalue weighted by atomic mass is 127. The van der Waals surface area contributed by atoms with Gasteiger partial charge in [-0.1, -0.05) is 23.9 Å². The summed E-state index contributed by atoms with van der Waals surface area (Å²) >= 11 is 2.92. The lowest BCUT2D eigenvalue weighted by molar-refractivity contribution is -0.141. The molecule has 1 aromatic carbocycles. The lowest BCUT2D eigenvalue weighted by Gasteiger charge is -2.08. The number of hydrogen-bond donors (Lipinski definition) is 1. The fourth-order valence-corrected chi connectivity index (χ4v) is 2.60. The Morgan fingerprint density at radius 2 is 2.00 bits per heavy atom. The fraction of sp³-hybridized carbons (Fsp3) is 0.154. The Kier molecular flexibility index (Phi) is 5.62. The van der Waals surface area contributed by atoms with Crippen LogP contribution in [0.1, 0.15) is 5.69 Å². The second kappa shape index (κ2) is 7.27. The van der Waals surface area contributed by atoms with Crippen LogP contribution in [-0.2, 0) is 11.0 Å². The molecule has 1 amide bonds. The van der Waals surface area contributed by atoms with E-state index in [1.165, 1.54) is 0 Å². The molecule has 116 valence electrons. The van der Waals surface area contributed by atoms with Gasteiger partial charge in [0.15, 0.2) is 5.16 Å². The highest BCUT2D eigenvalue weighted by Crippen LogP contribution is 2.28. The molecule has 0 radical (unpaired) electrons. The highest BCUT2D eigenvalue weighted by Gasteiger charge is 2.32. The van der Waals surface area contributed by atoms with E-state index in [0.29, 0.717) is 5.69 Å². The first-order valence-corrected chi connectivity index (χ1v) is 8.00. The van der Waals surface area contributed by atoms with Gasteiger partial charge in [-0.2, -0.15) is 13.2 Å². The van der Waals surface area contributed by atoms with Crippen LogP contribution in [0.15, 0.2) is 41.7 Å². The minimum atomic E-state index is -4.53. The van der Waals surface area contributed by atoms with Gasteiger partial charge in [-0.05, 0) is 40.8 Å². The predicted molar refractivity (Wildman–Crippen MR) is 85.5 cm³/mol. The van der Waals surface area contributed by atoms with Crippen LogP contribution in [0.5, 0.6) is 0 Å². The topological polar surface area (TPSA) is 54.9 Å². The maximum absolute atomic E-state index is 12.5. The van der Waals surface area contributed by atoms with Crippen LogP contribution >= 0.6 is 34.4 Å². The Morgan fingerprint density at radius 3 is 2.68 bits per heavy atom. The average Bonchev–Trinajstić information content (AvgIpc) is 2.47. The predicted octanol–water partition coefficient (Wildman–Crippen LogP) is 3.83. The number of thioether (sulfide) groups is 1. The molecule has 0 fully saturated rings. The summed E-state index contributed by atoms with van der Waals surface area (Å²) in [5.41, 5.74) is -0.373. The summed E-state index contributed by atoms with van der Waals surface area (Å²) in [7, 11) is 0. The van der Waals surface area contributed by atoms with Gasteiger partial charge in [0.2, 0.25) is 5.91 Å².